The van der Waals surface area contributed by atoms with Crippen molar-refractivity contribution in [3.63, 3.8) is 0 Å². The number of nitrogens with two attached hydrogens (primary N) is 1. The fourth-order valence-corrected chi connectivity index (χ4v) is 3.62. The zero-order chi connectivity index (χ0) is 21.2. The predicted molar refractivity (Wildman–Crippen MR) is 115 cm³/mol. The number of carbonyl (C=O) groups excluding carboxylic acids is 1. The van der Waals surface area contributed by atoms with Crippen LogP contribution in [0.4, 0.5) is 0 Å². The first-order chi connectivity index (χ1) is 13.7. The minimum absolute atomic E-state index is 0.193. The maximum atomic E-state index is 12.8. The number of rotatable bonds is 7. The topological polar surface area (TPSA) is 106 Å². The zero-order valence-electron chi connectivity index (χ0n) is 16.6. The third-order valence-corrected chi connectivity index (χ3v) is 7.27. The van der Waals surface area contributed by atoms with E-state index in [0.29, 0.717) is 16.9 Å². The van der Waals surface area contributed by atoms with Crippen LogP contribution in [0.25, 0.3) is 17.0 Å². The molecule has 3 aromatic rings. The lowest BCUT2D eigenvalue weighted by Gasteiger charge is -2.17. The van der Waals surface area contributed by atoms with Gasteiger partial charge in [-0.25, -0.2) is 0 Å². The van der Waals surface area contributed by atoms with Crippen LogP contribution in [-0.2, 0) is 0 Å². The third kappa shape index (κ3) is 4.65. The van der Waals surface area contributed by atoms with Crippen LogP contribution in [0.1, 0.15) is 41.6 Å². The van der Waals surface area contributed by atoms with E-state index in [1.54, 1.807) is 75.6 Å². The van der Waals surface area contributed by atoms with Crippen LogP contribution in [0.15, 0.2) is 58.6 Å². The number of ketones is 1. The van der Waals surface area contributed by atoms with Gasteiger partial charge in [-0.05, 0) is 41.1 Å². The van der Waals surface area contributed by atoms with Crippen molar-refractivity contribution in [3.8, 4) is 5.75 Å². The van der Waals surface area contributed by atoms with Crippen molar-refractivity contribution in [1.29, 1.82) is 0 Å². The molecular weight excluding hydrogens is 386 g/mol. The van der Waals surface area contributed by atoms with Crippen LogP contribution in [0.2, 0.25) is 5.54 Å². The van der Waals surface area contributed by atoms with Crippen molar-refractivity contribution in [3.05, 3.63) is 71.1 Å². The number of ether oxygens (including phenoxy) is 1. The Morgan fingerprint density at radius 1 is 1.14 bits per heavy atom. The summed E-state index contributed by atoms with van der Waals surface area (Å²) in [6, 6.07) is 13.2. The fraction of sp³-hybridized carbons (Fsp3) is 0.227. The molecule has 0 bridgehead atoms. The van der Waals surface area contributed by atoms with E-state index in [2.05, 4.69) is 0 Å². The van der Waals surface area contributed by atoms with Gasteiger partial charge in [0.1, 0.15) is 11.3 Å². The van der Waals surface area contributed by atoms with Gasteiger partial charge >= 0.3 is 8.56 Å². The molecule has 0 saturated carbocycles. The second-order valence-electron chi connectivity index (χ2n) is 7.29. The van der Waals surface area contributed by atoms with Crippen molar-refractivity contribution < 1.29 is 23.5 Å². The smallest absolute Gasteiger partial charge is 0.362 e. The van der Waals surface area contributed by atoms with Gasteiger partial charge in [-0.1, -0.05) is 44.2 Å². The lowest BCUT2D eigenvalue weighted by atomic mass is 10.0. The number of hydrogen-bond acceptors (Lipinski definition) is 6. The maximum absolute atomic E-state index is 12.8. The first-order valence-corrected chi connectivity index (χ1v) is 11.4. The number of fused-ring (bicyclic) bond motifs is 1. The Morgan fingerprint density at radius 2 is 1.83 bits per heavy atom. The molecule has 0 fully saturated rings. The molecule has 0 aliphatic heterocycles. The van der Waals surface area contributed by atoms with E-state index in [0.717, 1.165) is 10.9 Å². The Balaban J connectivity index is 1.77. The molecule has 3 rings (SSSR count). The Morgan fingerprint density at radius 3 is 2.45 bits per heavy atom. The largest absolute Gasteiger partial charge is 0.497 e. The number of furan rings is 1. The molecule has 4 N–H and O–H groups in total. The van der Waals surface area contributed by atoms with Crippen LogP contribution in [-0.4, -0.2) is 31.0 Å². The molecule has 1 heterocycles. The summed E-state index contributed by atoms with van der Waals surface area (Å²) in [6.45, 7) is 3.55. The molecule has 1 atom stereocenters. The summed E-state index contributed by atoms with van der Waals surface area (Å²) in [7, 11) is -1.79. The van der Waals surface area contributed by atoms with Gasteiger partial charge in [0.2, 0.25) is 5.78 Å². The lowest BCUT2D eigenvalue weighted by molar-refractivity contribution is 0.0936. The van der Waals surface area contributed by atoms with E-state index in [4.69, 9.17) is 14.9 Å². The van der Waals surface area contributed by atoms with Crippen molar-refractivity contribution in [2.45, 2.75) is 25.4 Å². The molecule has 29 heavy (non-hydrogen) atoms. The summed E-state index contributed by atoms with van der Waals surface area (Å²) >= 11 is 0. The normalized spacial score (nSPS) is 13.3. The molecule has 1 unspecified atom stereocenters. The standard InChI is InChI=1S/C22H25NO5Si/c1-14(2)29(25,26)11-10-15-4-6-16(7-5-15)21(23)22(24)20-13-17-12-18(27-3)8-9-19(17)28-20/h4-14,21,25-26H,23H2,1-3H3. The Kier molecular flexibility index (Phi) is 6.04. The van der Waals surface area contributed by atoms with E-state index >= 15 is 0 Å². The molecule has 0 radical (unpaired) electrons. The van der Waals surface area contributed by atoms with Gasteiger partial charge in [0, 0.05) is 10.9 Å². The van der Waals surface area contributed by atoms with Gasteiger partial charge in [-0.3, -0.25) is 4.79 Å². The summed E-state index contributed by atoms with van der Waals surface area (Å²) in [4.78, 5) is 32.8. The summed E-state index contributed by atoms with van der Waals surface area (Å²) in [5, 5.41) is 0.770. The number of Topliss-reactive ketones (excluding diaryl/α,β-unsaturated/α-hetero) is 1. The van der Waals surface area contributed by atoms with E-state index in [1.807, 2.05) is 0 Å². The van der Waals surface area contributed by atoms with Crippen molar-refractivity contribution >= 4 is 31.4 Å². The quantitative estimate of drug-likeness (QED) is 0.404. The molecule has 2 aromatic carbocycles. The van der Waals surface area contributed by atoms with Crippen molar-refractivity contribution in [2.24, 2.45) is 5.73 Å². The van der Waals surface area contributed by atoms with Crippen LogP contribution in [0, 0.1) is 0 Å². The molecule has 0 saturated heterocycles. The summed E-state index contributed by atoms with van der Waals surface area (Å²) in [6.07, 6.45) is 1.68. The SMILES string of the molecule is COc1ccc2oc(C(=O)C(N)c3ccc(C=C[Si](O)(O)C(C)C)cc3)cc2c1. The van der Waals surface area contributed by atoms with E-state index in [9.17, 15) is 14.4 Å². The summed E-state index contributed by atoms with van der Waals surface area (Å²) in [5.41, 5.74) is 9.46. The van der Waals surface area contributed by atoms with Crippen LogP contribution < -0.4 is 10.5 Å². The van der Waals surface area contributed by atoms with Crippen LogP contribution in [0.5, 0.6) is 5.75 Å². The summed E-state index contributed by atoms with van der Waals surface area (Å²) < 4.78 is 10.8. The second kappa shape index (κ2) is 8.34. The van der Waals surface area contributed by atoms with Gasteiger partial charge in [-0.15, -0.1) is 0 Å². The minimum Gasteiger partial charge on any atom is -0.497 e. The molecule has 152 valence electrons. The molecular formula is C22H25NO5Si. The molecule has 6 nitrogen and oxygen atoms in total. The lowest BCUT2D eigenvalue weighted by Crippen LogP contribution is -2.35. The van der Waals surface area contributed by atoms with Crippen LogP contribution >= 0.6 is 0 Å². The minimum atomic E-state index is -3.36. The number of hydrogen-bond donors (Lipinski definition) is 3. The molecule has 0 spiro atoms. The van der Waals surface area contributed by atoms with E-state index in [1.165, 1.54) is 5.70 Å². The average Bonchev–Trinajstić information content (AvgIpc) is 3.14. The third-order valence-electron chi connectivity index (χ3n) is 4.92. The van der Waals surface area contributed by atoms with Crippen molar-refractivity contribution in [2.75, 3.05) is 7.11 Å². The first-order valence-electron chi connectivity index (χ1n) is 9.32. The highest BCUT2D eigenvalue weighted by Gasteiger charge is 2.30. The van der Waals surface area contributed by atoms with Gasteiger partial charge in [0.25, 0.3) is 0 Å². The van der Waals surface area contributed by atoms with Gasteiger partial charge < -0.3 is 24.5 Å². The molecule has 1 aromatic heterocycles. The fourth-order valence-electron chi connectivity index (χ4n) is 2.80. The number of benzene rings is 2. The maximum Gasteiger partial charge on any atom is 0.362 e. The number of carbonyl (C=O) groups is 1. The Bertz CT molecular complexity index is 1040. The first kappa shape index (κ1) is 21.0. The zero-order valence-corrected chi connectivity index (χ0v) is 17.6. The van der Waals surface area contributed by atoms with Crippen LogP contribution in [0.3, 0.4) is 0 Å². The summed E-state index contributed by atoms with van der Waals surface area (Å²) in [5.74, 6) is 0.555. The Hall–Kier alpha value is -2.71. The van der Waals surface area contributed by atoms with E-state index in [-0.39, 0.29) is 17.1 Å². The molecule has 0 aliphatic rings. The average molecular weight is 412 g/mol. The highest BCUT2D eigenvalue weighted by Crippen LogP contribution is 2.27. The van der Waals surface area contributed by atoms with Gasteiger partial charge in [0.15, 0.2) is 5.76 Å². The number of methoxy groups -OCH3 is 1. The van der Waals surface area contributed by atoms with Crippen molar-refractivity contribution in [1.82, 2.24) is 0 Å². The van der Waals surface area contributed by atoms with Gasteiger partial charge in [-0.2, -0.15) is 0 Å². The molecule has 0 aliphatic carbocycles. The monoisotopic (exact) mass is 411 g/mol. The highest BCUT2D eigenvalue weighted by atomic mass is 28.4. The van der Waals surface area contributed by atoms with E-state index < -0.39 is 14.6 Å². The molecule has 0 amide bonds. The Labute approximate surface area is 170 Å². The molecule has 7 heteroatoms. The second-order valence-corrected chi connectivity index (χ2v) is 10.3. The predicted octanol–water partition coefficient (Wildman–Crippen LogP) is 3.71. The van der Waals surface area contributed by atoms with Gasteiger partial charge in [0.05, 0.1) is 13.2 Å². The highest BCUT2D eigenvalue weighted by molar-refractivity contribution is 6.72.